The summed E-state index contributed by atoms with van der Waals surface area (Å²) in [5.41, 5.74) is -0.143. The molecular formula is C14H24N2O. The first kappa shape index (κ1) is 11.5. The molecule has 96 valence electrons. The molecule has 0 aromatic heterocycles. The highest BCUT2D eigenvalue weighted by Gasteiger charge is 2.47. The number of carbonyl (C=O) groups excluding carboxylic acids is 1. The highest BCUT2D eigenvalue weighted by atomic mass is 16.2. The lowest BCUT2D eigenvalue weighted by Gasteiger charge is -2.22. The first-order valence-electron chi connectivity index (χ1n) is 7.35. The van der Waals surface area contributed by atoms with Crippen molar-refractivity contribution < 1.29 is 4.79 Å². The van der Waals surface area contributed by atoms with Crippen LogP contribution in [-0.2, 0) is 4.79 Å². The van der Waals surface area contributed by atoms with Crippen molar-refractivity contribution in [1.29, 1.82) is 0 Å². The molecule has 2 aliphatic carbocycles. The Morgan fingerprint density at radius 2 is 1.88 bits per heavy atom. The molecule has 2 saturated carbocycles. The van der Waals surface area contributed by atoms with Crippen molar-refractivity contribution in [2.45, 2.75) is 63.3 Å². The maximum Gasteiger partial charge on any atom is 0.243 e. The lowest BCUT2D eigenvalue weighted by molar-refractivity contribution is -0.132. The Morgan fingerprint density at radius 1 is 1.18 bits per heavy atom. The summed E-state index contributed by atoms with van der Waals surface area (Å²) in [6, 6.07) is 0. The predicted molar refractivity (Wildman–Crippen MR) is 67.5 cm³/mol. The van der Waals surface area contributed by atoms with Gasteiger partial charge in [-0.2, -0.15) is 0 Å². The second-order valence-corrected chi connectivity index (χ2v) is 6.13. The molecule has 1 saturated heterocycles. The fourth-order valence-electron chi connectivity index (χ4n) is 3.88. The van der Waals surface area contributed by atoms with E-state index >= 15 is 0 Å². The highest BCUT2D eigenvalue weighted by Crippen LogP contribution is 2.35. The van der Waals surface area contributed by atoms with E-state index in [0.29, 0.717) is 5.91 Å². The van der Waals surface area contributed by atoms with E-state index in [1.807, 2.05) is 0 Å². The lowest BCUT2D eigenvalue weighted by Crippen LogP contribution is -2.44. The molecule has 0 atom stereocenters. The fraction of sp³-hybridized carbons (Fsp3) is 0.929. The van der Waals surface area contributed by atoms with Crippen LogP contribution in [0, 0.1) is 5.92 Å². The summed E-state index contributed by atoms with van der Waals surface area (Å²) in [5.74, 6) is 1.29. The van der Waals surface area contributed by atoms with Crippen LogP contribution in [0.5, 0.6) is 0 Å². The van der Waals surface area contributed by atoms with E-state index in [1.165, 1.54) is 44.9 Å². The van der Waals surface area contributed by atoms with Crippen LogP contribution in [0.25, 0.3) is 0 Å². The number of hydrogen-bond donors (Lipinski definition) is 1. The van der Waals surface area contributed by atoms with Gasteiger partial charge in [-0.05, 0) is 25.2 Å². The molecular weight excluding hydrogens is 212 g/mol. The maximum atomic E-state index is 12.4. The fourth-order valence-corrected chi connectivity index (χ4v) is 3.88. The lowest BCUT2D eigenvalue weighted by atomic mass is 9.97. The summed E-state index contributed by atoms with van der Waals surface area (Å²) >= 11 is 0. The topological polar surface area (TPSA) is 32.3 Å². The molecule has 3 nitrogen and oxygen atoms in total. The zero-order valence-corrected chi connectivity index (χ0v) is 10.7. The van der Waals surface area contributed by atoms with Gasteiger partial charge in [0.1, 0.15) is 0 Å². The van der Waals surface area contributed by atoms with E-state index in [9.17, 15) is 4.79 Å². The van der Waals surface area contributed by atoms with Gasteiger partial charge >= 0.3 is 0 Å². The average molecular weight is 236 g/mol. The second kappa shape index (κ2) is 4.60. The van der Waals surface area contributed by atoms with Crippen molar-refractivity contribution in [3.63, 3.8) is 0 Å². The van der Waals surface area contributed by atoms with Gasteiger partial charge < -0.3 is 4.90 Å². The Kier molecular flexibility index (Phi) is 3.12. The molecule has 1 spiro atoms. The molecule has 3 heteroatoms. The van der Waals surface area contributed by atoms with Crippen LogP contribution >= 0.6 is 0 Å². The van der Waals surface area contributed by atoms with Crippen molar-refractivity contribution in [3.8, 4) is 0 Å². The van der Waals surface area contributed by atoms with Crippen molar-refractivity contribution >= 4 is 5.91 Å². The molecule has 0 aromatic carbocycles. The van der Waals surface area contributed by atoms with Gasteiger partial charge in [-0.3, -0.25) is 10.1 Å². The van der Waals surface area contributed by atoms with Crippen molar-refractivity contribution in [3.05, 3.63) is 0 Å². The van der Waals surface area contributed by atoms with Crippen LogP contribution in [0.1, 0.15) is 57.8 Å². The summed E-state index contributed by atoms with van der Waals surface area (Å²) in [6.45, 7) is 1.78. The quantitative estimate of drug-likeness (QED) is 0.815. The Bertz CT molecular complexity index is 291. The SMILES string of the molecule is O=C1N(CCC2CCCC2)CNC12CCCC2. The number of nitrogens with one attached hydrogen (secondary N) is 1. The Balaban J connectivity index is 1.53. The standard InChI is InChI=1S/C14H24N2O/c17-13-14(8-3-4-9-14)15-11-16(13)10-7-12-5-1-2-6-12/h12,15H,1-11H2. The molecule has 0 radical (unpaired) electrons. The molecule has 3 rings (SSSR count). The number of amides is 1. The average Bonchev–Trinajstić information content (AvgIpc) is 3.04. The van der Waals surface area contributed by atoms with Gasteiger partial charge in [0, 0.05) is 6.54 Å². The summed E-state index contributed by atoms with van der Waals surface area (Å²) in [7, 11) is 0. The van der Waals surface area contributed by atoms with E-state index in [4.69, 9.17) is 0 Å². The van der Waals surface area contributed by atoms with Gasteiger partial charge in [-0.25, -0.2) is 0 Å². The van der Waals surface area contributed by atoms with Gasteiger partial charge in [0.15, 0.2) is 0 Å². The molecule has 1 aliphatic heterocycles. The van der Waals surface area contributed by atoms with Gasteiger partial charge in [-0.15, -0.1) is 0 Å². The normalized spacial score (nSPS) is 28.7. The van der Waals surface area contributed by atoms with Gasteiger partial charge in [0.05, 0.1) is 12.2 Å². The molecule has 0 bridgehead atoms. The van der Waals surface area contributed by atoms with Crippen molar-refractivity contribution in [1.82, 2.24) is 10.2 Å². The molecule has 1 heterocycles. The van der Waals surface area contributed by atoms with E-state index in [2.05, 4.69) is 10.2 Å². The van der Waals surface area contributed by atoms with Gasteiger partial charge in [0.25, 0.3) is 0 Å². The van der Waals surface area contributed by atoms with Crippen LogP contribution in [0.4, 0.5) is 0 Å². The van der Waals surface area contributed by atoms with E-state index in [-0.39, 0.29) is 5.54 Å². The third-order valence-corrected chi connectivity index (χ3v) is 5.04. The minimum absolute atomic E-state index is 0.143. The smallest absolute Gasteiger partial charge is 0.243 e. The van der Waals surface area contributed by atoms with Crippen LogP contribution < -0.4 is 5.32 Å². The summed E-state index contributed by atoms with van der Waals surface area (Å²) in [6.07, 6.45) is 11.4. The third-order valence-electron chi connectivity index (χ3n) is 5.04. The number of nitrogens with zero attached hydrogens (tertiary/aromatic N) is 1. The van der Waals surface area contributed by atoms with Crippen LogP contribution in [-0.4, -0.2) is 29.6 Å². The molecule has 1 amide bonds. The molecule has 3 aliphatic rings. The molecule has 17 heavy (non-hydrogen) atoms. The number of hydrogen-bond acceptors (Lipinski definition) is 2. The van der Waals surface area contributed by atoms with Crippen LogP contribution in [0.15, 0.2) is 0 Å². The predicted octanol–water partition coefficient (Wildman–Crippen LogP) is 2.27. The first-order valence-corrected chi connectivity index (χ1v) is 7.35. The Morgan fingerprint density at radius 3 is 2.59 bits per heavy atom. The van der Waals surface area contributed by atoms with Gasteiger partial charge in [-0.1, -0.05) is 38.5 Å². The number of carbonyl (C=O) groups is 1. The zero-order chi connectivity index (χ0) is 11.7. The van der Waals surface area contributed by atoms with Crippen LogP contribution in [0.2, 0.25) is 0 Å². The Labute approximate surface area is 104 Å². The minimum Gasteiger partial charge on any atom is -0.328 e. The molecule has 0 unspecified atom stereocenters. The van der Waals surface area contributed by atoms with E-state index in [0.717, 1.165) is 32.0 Å². The zero-order valence-electron chi connectivity index (χ0n) is 10.7. The van der Waals surface area contributed by atoms with E-state index < -0.39 is 0 Å². The Hall–Kier alpha value is -0.570. The molecule has 0 aromatic rings. The van der Waals surface area contributed by atoms with Crippen molar-refractivity contribution in [2.24, 2.45) is 5.92 Å². The van der Waals surface area contributed by atoms with Crippen LogP contribution in [0.3, 0.4) is 0 Å². The number of rotatable bonds is 3. The summed E-state index contributed by atoms with van der Waals surface area (Å²) in [4.78, 5) is 14.5. The first-order chi connectivity index (χ1) is 8.30. The van der Waals surface area contributed by atoms with Gasteiger partial charge in [0.2, 0.25) is 5.91 Å². The maximum absolute atomic E-state index is 12.4. The molecule has 3 fully saturated rings. The minimum atomic E-state index is -0.143. The molecule has 1 N–H and O–H groups in total. The third kappa shape index (κ3) is 2.10. The largest absolute Gasteiger partial charge is 0.328 e. The second-order valence-electron chi connectivity index (χ2n) is 6.13. The highest BCUT2D eigenvalue weighted by molar-refractivity contribution is 5.88. The van der Waals surface area contributed by atoms with E-state index in [1.54, 1.807) is 0 Å². The summed E-state index contributed by atoms with van der Waals surface area (Å²) in [5, 5.41) is 3.48. The van der Waals surface area contributed by atoms with Crippen molar-refractivity contribution in [2.75, 3.05) is 13.2 Å². The monoisotopic (exact) mass is 236 g/mol. The summed E-state index contributed by atoms with van der Waals surface area (Å²) < 4.78 is 0.